The van der Waals surface area contributed by atoms with Gasteiger partial charge in [0, 0.05) is 0 Å². The van der Waals surface area contributed by atoms with Crippen molar-refractivity contribution in [2.45, 2.75) is 6.42 Å². The van der Waals surface area contributed by atoms with E-state index in [0.717, 1.165) is 6.42 Å². The maximum Gasteiger partial charge on any atom is -0.000740 e. The molecule has 13 aromatic rings. The van der Waals surface area contributed by atoms with Gasteiger partial charge in [0.05, 0.1) is 0 Å². The average Bonchev–Trinajstić information content (AvgIpc) is 3.81. The summed E-state index contributed by atoms with van der Waals surface area (Å²) >= 11 is 0. The molecule has 0 aliphatic heterocycles. The summed E-state index contributed by atoms with van der Waals surface area (Å²) < 4.78 is 0. The van der Waals surface area contributed by atoms with Gasteiger partial charge in [-0.2, -0.15) is 0 Å². The molecule has 15 rings (SSSR count). The van der Waals surface area contributed by atoms with Crippen LogP contribution in [0.4, 0.5) is 0 Å². The van der Waals surface area contributed by atoms with Gasteiger partial charge in [0.1, 0.15) is 0 Å². The van der Waals surface area contributed by atoms with E-state index in [4.69, 9.17) is 0 Å². The van der Waals surface area contributed by atoms with Gasteiger partial charge in [-0.1, -0.05) is 170 Å². The Balaban J connectivity index is 1.19. The molecule has 0 amide bonds. The van der Waals surface area contributed by atoms with Crippen LogP contribution in [0.5, 0.6) is 0 Å². The summed E-state index contributed by atoms with van der Waals surface area (Å²) in [4.78, 5) is 0. The van der Waals surface area contributed by atoms with E-state index in [9.17, 15) is 0 Å². The third-order valence-electron chi connectivity index (χ3n) is 14.2. The quantitative estimate of drug-likeness (QED) is 0.122. The highest BCUT2D eigenvalue weighted by atomic mass is 14.3. The minimum atomic E-state index is 0.898. The zero-order chi connectivity index (χ0) is 38.1. The van der Waals surface area contributed by atoms with Crippen molar-refractivity contribution in [2.75, 3.05) is 0 Å². The summed E-state index contributed by atoms with van der Waals surface area (Å²) in [7, 11) is 0. The third-order valence-corrected chi connectivity index (χ3v) is 14.2. The second-order valence-corrected chi connectivity index (χ2v) is 16.9. The molecule has 0 radical (unpaired) electrons. The lowest BCUT2D eigenvalue weighted by atomic mass is 9.85. The number of rotatable bonds is 2. The molecule has 268 valence electrons. The predicted octanol–water partition coefficient (Wildman–Crippen LogP) is 16.7. The summed E-state index contributed by atoms with van der Waals surface area (Å²) in [6, 6.07) is 58.2. The van der Waals surface area contributed by atoms with Crippen LogP contribution in [0.2, 0.25) is 0 Å². The molecule has 0 heteroatoms. The standard InChI is InChI=1S/C59H32/c1-2-5-13-33(12-4-1)52-49-30-47-37-20-10-16-32-17-11-21-38(51(32)37)48(47)31-50(49)53(34-14-6-3-7-15-34)59-46-29-27-44-42-25-23-40-36-19-9-8-18-35(36)39-22-24-41(55(42)54(39)40)43-26-28-45(58(52)59)57(46)56(43)44/h1-4,6-31H,5H2. The molecule has 0 atom stereocenters. The lowest BCUT2D eigenvalue weighted by Crippen LogP contribution is -1.92. The Morgan fingerprint density at radius 2 is 0.831 bits per heavy atom. The lowest BCUT2D eigenvalue weighted by molar-refractivity contribution is 1.41. The summed E-state index contributed by atoms with van der Waals surface area (Å²) in [5.41, 5.74) is 10.6. The van der Waals surface area contributed by atoms with Crippen molar-refractivity contribution in [3.8, 4) is 33.4 Å². The fraction of sp³-hybridized carbons (Fsp3) is 0.0169. The molecule has 0 saturated heterocycles. The Bertz CT molecular complexity index is 4030. The molecule has 0 saturated carbocycles. The van der Waals surface area contributed by atoms with Crippen LogP contribution in [-0.4, -0.2) is 0 Å². The van der Waals surface area contributed by atoms with Gasteiger partial charge in [-0.3, -0.25) is 0 Å². The van der Waals surface area contributed by atoms with Gasteiger partial charge in [0.25, 0.3) is 0 Å². The van der Waals surface area contributed by atoms with Gasteiger partial charge < -0.3 is 0 Å². The minimum Gasteiger partial charge on any atom is -0.0807 e. The van der Waals surface area contributed by atoms with Gasteiger partial charge in [-0.15, -0.1) is 0 Å². The van der Waals surface area contributed by atoms with Crippen molar-refractivity contribution in [3.05, 3.63) is 188 Å². The molecule has 0 spiro atoms. The van der Waals surface area contributed by atoms with E-state index in [1.54, 1.807) is 0 Å². The zero-order valence-corrected chi connectivity index (χ0v) is 32.0. The number of allylic oxidation sites excluding steroid dienone is 6. The van der Waals surface area contributed by atoms with Gasteiger partial charge in [-0.25, -0.2) is 0 Å². The molecule has 0 bridgehead atoms. The minimum absolute atomic E-state index is 0.898. The van der Waals surface area contributed by atoms with E-state index in [2.05, 4.69) is 182 Å². The summed E-state index contributed by atoms with van der Waals surface area (Å²) in [5, 5.41) is 26.9. The fourth-order valence-electron chi connectivity index (χ4n) is 12.0. The van der Waals surface area contributed by atoms with E-state index in [-0.39, 0.29) is 0 Å². The first-order valence-electron chi connectivity index (χ1n) is 20.9. The van der Waals surface area contributed by atoms with Crippen molar-refractivity contribution in [2.24, 2.45) is 0 Å². The molecular formula is C59H32. The first-order valence-corrected chi connectivity index (χ1v) is 20.9. The Morgan fingerprint density at radius 1 is 0.305 bits per heavy atom. The van der Waals surface area contributed by atoms with Crippen molar-refractivity contribution in [1.82, 2.24) is 0 Å². The molecule has 0 fully saturated rings. The van der Waals surface area contributed by atoms with E-state index >= 15 is 0 Å². The average molecular weight is 741 g/mol. The van der Waals surface area contributed by atoms with Crippen molar-refractivity contribution >= 4 is 113 Å². The molecule has 0 unspecified atom stereocenters. The maximum atomic E-state index is 2.54. The van der Waals surface area contributed by atoms with Crippen molar-refractivity contribution in [3.63, 3.8) is 0 Å². The highest BCUT2D eigenvalue weighted by Crippen LogP contribution is 2.56. The van der Waals surface area contributed by atoms with E-state index < -0.39 is 0 Å². The molecular weight excluding hydrogens is 709 g/mol. The van der Waals surface area contributed by atoms with E-state index in [1.165, 1.54) is 152 Å². The van der Waals surface area contributed by atoms with Crippen LogP contribution >= 0.6 is 0 Å². The molecule has 2 aliphatic carbocycles. The molecule has 13 aromatic carbocycles. The predicted molar refractivity (Wildman–Crippen MR) is 256 cm³/mol. The number of hydrogen-bond donors (Lipinski definition) is 0. The Hall–Kier alpha value is -7.54. The smallest absolute Gasteiger partial charge is 0.000740 e. The van der Waals surface area contributed by atoms with Gasteiger partial charge in [-0.05, 0) is 171 Å². The Labute approximate surface area is 339 Å². The monoisotopic (exact) mass is 740 g/mol. The summed E-state index contributed by atoms with van der Waals surface area (Å²) in [6.45, 7) is 0. The third kappa shape index (κ3) is 3.64. The summed E-state index contributed by atoms with van der Waals surface area (Å²) in [5.74, 6) is 0. The van der Waals surface area contributed by atoms with Gasteiger partial charge in [0.15, 0.2) is 0 Å². The number of hydrogen-bond acceptors (Lipinski definition) is 0. The number of benzene rings is 11. The van der Waals surface area contributed by atoms with Gasteiger partial charge >= 0.3 is 0 Å². The highest BCUT2D eigenvalue weighted by Gasteiger charge is 2.29. The molecule has 0 N–H and O–H groups in total. The van der Waals surface area contributed by atoms with E-state index in [0.29, 0.717) is 0 Å². The molecule has 59 heavy (non-hydrogen) atoms. The molecule has 2 aliphatic rings. The van der Waals surface area contributed by atoms with Crippen molar-refractivity contribution < 1.29 is 0 Å². The molecule has 0 aromatic heterocycles. The van der Waals surface area contributed by atoms with Crippen LogP contribution in [0.25, 0.3) is 147 Å². The topological polar surface area (TPSA) is 0 Å². The number of fused-ring (bicyclic) bond motifs is 12. The molecule has 0 heterocycles. The second kappa shape index (κ2) is 10.7. The Morgan fingerprint density at radius 3 is 1.49 bits per heavy atom. The fourth-order valence-corrected chi connectivity index (χ4v) is 12.0. The normalized spacial score (nSPS) is 14.0. The van der Waals surface area contributed by atoms with E-state index in [1.807, 2.05) is 0 Å². The maximum absolute atomic E-state index is 2.54. The van der Waals surface area contributed by atoms with Crippen LogP contribution in [0.1, 0.15) is 12.0 Å². The van der Waals surface area contributed by atoms with Crippen LogP contribution in [0, 0.1) is 0 Å². The summed E-state index contributed by atoms with van der Waals surface area (Å²) in [6.07, 6.45) is 12.4. The Kier molecular flexibility index (Phi) is 5.54. The van der Waals surface area contributed by atoms with Crippen LogP contribution in [0.15, 0.2) is 182 Å². The largest absolute Gasteiger partial charge is 0.0807 e. The highest BCUT2D eigenvalue weighted by molar-refractivity contribution is 6.47. The first kappa shape index (κ1) is 30.6. The first-order chi connectivity index (χ1) is 29.3. The van der Waals surface area contributed by atoms with Gasteiger partial charge in [0.2, 0.25) is 0 Å². The van der Waals surface area contributed by atoms with Crippen LogP contribution < -0.4 is 0 Å². The SMILES string of the molecule is C1=CCC=C(c2c3cc4c(cc3c(-c3ccccc3)c3c5ccc6c7ccc8c9c(ccc(c%10ccc(c23)c5c%106)c97)-c2ccccc2-8)c2cccc3cccc4c32)C=C1. The second-order valence-electron chi connectivity index (χ2n) is 16.9. The lowest BCUT2D eigenvalue weighted by Gasteiger charge is -2.18. The molecule has 0 nitrogen and oxygen atoms in total. The van der Waals surface area contributed by atoms with Crippen molar-refractivity contribution in [1.29, 1.82) is 0 Å². The van der Waals surface area contributed by atoms with Crippen LogP contribution in [0.3, 0.4) is 0 Å². The van der Waals surface area contributed by atoms with Crippen LogP contribution in [-0.2, 0) is 0 Å². The zero-order valence-electron chi connectivity index (χ0n) is 32.0.